The lowest BCUT2D eigenvalue weighted by Crippen LogP contribution is -2.34. The highest BCUT2D eigenvalue weighted by atomic mass is 16.4. The number of carbonyl (C=O) groups is 1. The van der Waals surface area contributed by atoms with Gasteiger partial charge in [-0.1, -0.05) is 30.3 Å². The average Bonchev–Trinajstić information content (AvgIpc) is 2.87. The van der Waals surface area contributed by atoms with E-state index in [1.807, 2.05) is 36.4 Å². The Bertz CT molecular complexity index is 1060. The molecule has 5 nitrogen and oxygen atoms in total. The molecular formula is C17H12N2O3. The van der Waals surface area contributed by atoms with Crippen LogP contribution in [0.5, 0.6) is 0 Å². The highest BCUT2D eigenvalue weighted by Crippen LogP contribution is 2.17. The molecule has 0 radical (unpaired) electrons. The van der Waals surface area contributed by atoms with Gasteiger partial charge in [-0.05, 0) is 35.4 Å². The summed E-state index contributed by atoms with van der Waals surface area (Å²) in [6, 6.07) is 13.0. The van der Waals surface area contributed by atoms with E-state index in [4.69, 9.17) is 4.42 Å². The molecule has 0 bridgehead atoms. The Morgan fingerprint density at radius 1 is 1.14 bits per heavy atom. The van der Waals surface area contributed by atoms with Crippen molar-refractivity contribution in [3.05, 3.63) is 69.2 Å². The van der Waals surface area contributed by atoms with Gasteiger partial charge in [0.25, 0.3) is 5.91 Å². The molecule has 1 unspecified atom stereocenters. The van der Waals surface area contributed by atoms with Crippen LogP contribution in [-0.4, -0.2) is 10.9 Å². The molecule has 1 atom stereocenters. The van der Waals surface area contributed by atoms with Gasteiger partial charge >= 0.3 is 5.76 Å². The average molecular weight is 292 g/mol. The summed E-state index contributed by atoms with van der Waals surface area (Å²) >= 11 is 0. The second-order valence-electron chi connectivity index (χ2n) is 5.33. The second-order valence-corrected chi connectivity index (χ2v) is 5.33. The Morgan fingerprint density at radius 2 is 2.00 bits per heavy atom. The number of aromatic amines is 1. The van der Waals surface area contributed by atoms with Gasteiger partial charge in [0, 0.05) is 0 Å². The minimum atomic E-state index is -0.476. The summed E-state index contributed by atoms with van der Waals surface area (Å²) in [6.07, 6.45) is 2.48. The number of amides is 1. The van der Waals surface area contributed by atoms with E-state index in [0.717, 1.165) is 16.1 Å². The molecule has 1 aromatic heterocycles. The largest absolute Gasteiger partial charge is 0.417 e. The van der Waals surface area contributed by atoms with Crippen LogP contribution in [0, 0.1) is 5.92 Å². The summed E-state index contributed by atoms with van der Waals surface area (Å²) in [5, 5.41) is 1.69. The molecule has 1 aliphatic rings. The number of oxazole rings is 1. The van der Waals surface area contributed by atoms with Crippen LogP contribution in [-0.2, 0) is 11.2 Å². The number of nitrogens with one attached hydrogen (secondary N) is 1. The van der Waals surface area contributed by atoms with Crippen molar-refractivity contribution in [3.8, 4) is 0 Å². The topological polar surface area (TPSA) is 75.4 Å². The summed E-state index contributed by atoms with van der Waals surface area (Å²) in [4.78, 5) is 30.1. The molecule has 2 aromatic carbocycles. The van der Waals surface area contributed by atoms with Gasteiger partial charge in [0.2, 0.25) is 0 Å². The van der Waals surface area contributed by atoms with Gasteiger partial charge < -0.3 is 4.42 Å². The lowest BCUT2D eigenvalue weighted by molar-refractivity contribution is -0.120. The number of fused-ring (bicyclic) bond motifs is 2. The summed E-state index contributed by atoms with van der Waals surface area (Å²) in [5.41, 5.74) is 2.09. The zero-order valence-corrected chi connectivity index (χ0v) is 11.6. The lowest BCUT2D eigenvalue weighted by atomic mass is 9.95. The molecule has 5 heteroatoms. The highest BCUT2D eigenvalue weighted by Gasteiger charge is 2.19. The van der Waals surface area contributed by atoms with E-state index in [9.17, 15) is 9.59 Å². The zero-order chi connectivity index (χ0) is 15.1. The van der Waals surface area contributed by atoms with Crippen LogP contribution in [0.25, 0.3) is 17.2 Å². The molecule has 0 aliphatic carbocycles. The predicted molar refractivity (Wildman–Crippen MR) is 80.7 cm³/mol. The number of hydrogen-bond donors (Lipinski definition) is 1. The Hall–Kier alpha value is -2.95. The third kappa shape index (κ3) is 2.16. The summed E-state index contributed by atoms with van der Waals surface area (Å²) in [7, 11) is 0. The monoisotopic (exact) mass is 292 g/mol. The van der Waals surface area contributed by atoms with Gasteiger partial charge in [-0.3, -0.25) is 9.78 Å². The minimum absolute atomic E-state index is 0.144. The Balaban J connectivity index is 1.71. The third-order valence-corrected chi connectivity index (χ3v) is 3.81. The third-order valence-electron chi connectivity index (χ3n) is 3.81. The van der Waals surface area contributed by atoms with Crippen molar-refractivity contribution in [1.29, 1.82) is 0 Å². The molecule has 0 saturated heterocycles. The normalized spacial score (nSPS) is 16.9. The number of para-hydroxylation sites is 1. The first-order valence-electron chi connectivity index (χ1n) is 7.00. The van der Waals surface area contributed by atoms with Crippen molar-refractivity contribution >= 4 is 23.1 Å². The first-order chi connectivity index (χ1) is 10.7. The number of aromatic nitrogens is 1. The van der Waals surface area contributed by atoms with Crippen LogP contribution in [0.4, 0.5) is 0 Å². The van der Waals surface area contributed by atoms with Crippen molar-refractivity contribution in [2.75, 3.05) is 0 Å². The van der Waals surface area contributed by atoms with Crippen LogP contribution in [0.2, 0.25) is 0 Å². The molecule has 4 rings (SSSR count). The molecule has 0 saturated carbocycles. The molecular weight excluding hydrogens is 280 g/mol. The molecule has 1 amide bonds. The van der Waals surface area contributed by atoms with Gasteiger partial charge in [-0.15, -0.1) is 0 Å². The van der Waals surface area contributed by atoms with Gasteiger partial charge in [-0.2, -0.15) is 0 Å². The summed E-state index contributed by atoms with van der Waals surface area (Å²) in [6.45, 7) is 0. The van der Waals surface area contributed by atoms with Gasteiger partial charge in [-0.25, -0.2) is 9.79 Å². The molecule has 2 heterocycles. The standard InChI is InChI=1S/C17H12N2O3/c20-16-12(9-11-3-1-2-4-13(11)18-16)7-10-5-6-14-15(8-10)22-17(21)19-14/h1-6,8-9,12H,7H2,(H,19,21). The Morgan fingerprint density at radius 3 is 2.91 bits per heavy atom. The van der Waals surface area contributed by atoms with Crippen molar-refractivity contribution in [3.63, 3.8) is 0 Å². The molecule has 108 valence electrons. The highest BCUT2D eigenvalue weighted by molar-refractivity contribution is 5.86. The van der Waals surface area contributed by atoms with E-state index in [1.54, 1.807) is 12.1 Å². The predicted octanol–water partition coefficient (Wildman–Crippen LogP) is 0.920. The molecule has 1 aliphatic heterocycles. The quantitative estimate of drug-likeness (QED) is 0.763. The lowest BCUT2D eigenvalue weighted by Gasteiger charge is -2.12. The summed E-state index contributed by atoms with van der Waals surface area (Å²) in [5.74, 6) is -0.913. The van der Waals surface area contributed by atoms with E-state index in [-0.39, 0.29) is 11.8 Å². The Labute approximate surface area is 124 Å². The fourth-order valence-electron chi connectivity index (χ4n) is 2.74. The van der Waals surface area contributed by atoms with Gasteiger partial charge in [0.15, 0.2) is 5.58 Å². The fraction of sp³-hybridized carbons (Fsp3) is 0.118. The van der Waals surface area contributed by atoms with Crippen LogP contribution in [0.3, 0.4) is 0 Å². The first-order valence-corrected chi connectivity index (χ1v) is 7.00. The number of H-pyrrole nitrogens is 1. The van der Waals surface area contributed by atoms with Crippen molar-refractivity contribution in [2.45, 2.75) is 6.42 Å². The number of rotatable bonds is 2. The second kappa shape index (κ2) is 4.80. The molecule has 3 aromatic rings. The number of carbonyl (C=O) groups excluding carboxylic acids is 1. The maximum Gasteiger partial charge on any atom is 0.417 e. The molecule has 22 heavy (non-hydrogen) atoms. The van der Waals surface area contributed by atoms with Crippen molar-refractivity contribution < 1.29 is 9.21 Å². The number of hydrogen-bond acceptors (Lipinski definition) is 3. The van der Waals surface area contributed by atoms with E-state index in [2.05, 4.69) is 9.98 Å². The smallest absolute Gasteiger partial charge is 0.408 e. The van der Waals surface area contributed by atoms with Crippen LogP contribution < -0.4 is 16.3 Å². The van der Waals surface area contributed by atoms with Gasteiger partial charge in [0.05, 0.1) is 16.8 Å². The van der Waals surface area contributed by atoms with Crippen molar-refractivity contribution in [2.24, 2.45) is 10.9 Å². The minimum Gasteiger partial charge on any atom is -0.408 e. The SMILES string of the molecule is O=C1N=c2ccccc2=CC1Cc1ccc2[nH]c(=O)oc2c1. The maximum atomic E-state index is 12.2. The summed E-state index contributed by atoms with van der Waals surface area (Å²) < 4.78 is 5.05. The Kier molecular flexibility index (Phi) is 2.79. The molecule has 0 fully saturated rings. The fourth-order valence-corrected chi connectivity index (χ4v) is 2.74. The van der Waals surface area contributed by atoms with E-state index >= 15 is 0 Å². The van der Waals surface area contributed by atoms with Crippen LogP contribution >= 0.6 is 0 Å². The zero-order valence-electron chi connectivity index (χ0n) is 11.6. The number of benzene rings is 2. The first kappa shape index (κ1) is 12.8. The van der Waals surface area contributed by atoms with Crippen LogP contribution in [0.15, 0.2) is 56.7 Å². The number of nitrogens with zero attached hydrogens (tertiary/aromatic N) is 1. The molecule has 0 spiro atoms. The molecule has 1 N–H and O–H groups in total. The van der Waals surface area contributed by atoms with E-state index < -0.39 is 5.76 Å². The maximum absolute atomic E-state index is 12.2. The van der Waals surface area contributed by atoms with Crippen LogP contribution in [0.1, 0.15) is 5.56 Å². The van der Waals surface area contributed by atoms with E-state index in [1.165, 1.54) is 0 Å². The van der Waals surface area contributed by atoms with Gasteiger partial charge in [0.1, 0.15) is 0 Å². The van der Waals surface area contributed by atoms with Crippen molar-refractivity contribution in [1.82, 2.24) is 4.98 Å². The van der Waals surface area contributed by atoms with E-state index in [0.29, 0.717) is 17.5 Å².